The van der Waals surface area contributed by atoms with Gasteiger partial charge in [0.25, 0.3) is 5.89 Å². The van der Waals surface area contributed by atoms with Crippen LogP contribution in [0.5, 0.6) is 0 Å². The highest BCUT2D eigenvalue weighted by molar-refractivity contribution is 6.30. The molecular formula is C18H15ClN2O3. The molecule has 0 radical (unpaired) electrons. The summed E-state index contributed by atoms with van der Waals surface area (Å²) in [7, 11) is 0. The Morgan fingerprint density at radius 2 is 1.83 bits per heavy atom. The van der Waals surface area contributed by atoms with Gasteiger partial charge in [0.15, 0.2) is 6.10 Å². The SMILES string of the molecule is C[C@H](OC(=O)Cc1ccc(Cl)cc1)c1nnc(-c2ccccc2)o1. The fourth-order valence-corrected chi connectivity index (χ4v) is 2.28. The van der Waals surface area contributed by atoms with Crippen molar-refractivity contribution in [1.29, 1.82) is 0 Å². The molecule has 1 atom stereocenters. The summed E-state index contributed by atoms with van der Waals surface area (Å²) in [4.78, 5) is 12.0. The van der Waals surface area contributed by atoms with Gasteiger partial charge >= 0.3 is 5.97 Å². The van der Waals surface area contributed by atoms with E-state index in [9.17, 15) is 4.79 Å². The maximum atomic E-state index is 12.0. The van der Waals surface area contributed by atoms with E-state index in [1.165, 1.54) is 0 Å². The molecule has 0 saturated carbocycles. The predicted molar refractivity (Wildman–Crippen MR) is 89.4 cm³/mol. The monoisotopic (exact) mass is 342 g/mol. The second-order valence-corrected chi connectivity index (χ2v) is 5.68. The standard InChI is InChI=1S/C18H15ClN2O3/c1-12(23-16(22)11-13-7-9-15(19)10-8-13)17-20-21-18(24-17)14-5-3-2-4-6-14/h2-10,12H,11H2,1H3/t12-/m0/s1. The minimum Gasteiger partial charge on any atom is -0.452 e. The Balaban J connectivity index is 1.62. The van der Waals surface area contributed by atoms with Crippen molar-refractivity contribution in [2.24, 2.45) is 0 Å². The Labute approximate surface area is 144 Å². The second kappa shape index (κ2) is 7.27. The third-order valence-electron chi connectivity index (χ3n) is 3.38. The summed E-state index contributed by atoms with van der Waals surface area (Å²) in [5.74, 6) is 0.286. The zero-order chi connectivity index (χ0) is 16.9. The number of carbonyl (C=O) groups excluding carboxylic acids is 1. The molecule has 3 aromatic rings. The van der Waals surface area contributed by atoms with Crippen LogP contribution in [0, 0.1) is 0 Å². The van der Waals surface area contributed by atoms with Gasteiger partial charge in [-0.1, -0.05) is 41.9 Å². The molecule has 0 aliphatic rings. The smallest absolute Gasteiger partial charge is 0.311 e. The summed E-state index contributed by atoms with van der Waals surface area (Å²) < 4.78 is 10.9. The molecule has 1 heterocycles. The number of hydrogen-bond acceptors (Lipinski definition) is 5. The molecule has 5 nitrogen and oxygen atoms in total. The van der Waals surface area contributed by atoms with Crippen molar-refractivity contribution in [3.8, 4) is 11.5 Å². The Morgan fingerprint density at radius 3 is 2.54 bits per heavy atom. The largest absolute Gasteiger partial charge is 0.452 e. The first-order chi connectivity index (χ1) is 11.6. The van der Waals surface area contributed by atoms with Crippen LogP contribution in [0.3, 0.4) is 0 Å². The van der Waals surface area contributed by atoms with E-state index < -0.39 is 6.10 Å². The van der Waals surface area contributed by atoms with Crippen LogP contribution >= 0.6 is 11.6 Å². The molecule has 6 heteroatoms. The molecule has 122 valence electrons. The Kier molecular flexibility index (Phi) is 4.91. The summed E-state index contributed by atoms with van der Waals surface area (Å²) in [5.41, 5.74) is 1.64. The van der Waals surface area contributed by atoms with Gasteiger partial charge < -0.3 is 9.15 Å². The molecule has 2 aromatic carbocycles. The van der Waals surface area contributed by atoms with E-state index in [2.05, 4.69) is 10.2 Å². The van der Waals surface area contributed by atoms with Crippen molar-refractivity contribution in [2.75, 3.05) is 0 Å². The fraction of sp³-hybridized carbons (Fsp3) is 0.167. The zero-order valence-electron chi connectivity index (χ0n) is 13.0. The van der Waals surface area contributed by atoms with E-state index in [0.717, 1.165) is 11.1 Å². The number of esters is 1. The average molecular weight is 343 g/mol. The molecule has 0 saturated heterocycles. The molecule has 0 aliphatic carbocycles. The summed E-state index contributed by atoms with van der Waals surface area (Å²) in [5, 5.41) is 8.56. The fourth-order valence-electron chi connectivity index (χ4n) is 2.15. The first kappa shape index (κ1) is 16.2. The normalized spacial score (nSPS) is 11.9. The van der Waals surface area contributed by atoms with Crippen LogP contribution in [0.1, 0.15) is 24.5 Å². The predicted octanol–water partition coefficient (Wildman–Crippen LogP) is 4.24. The minimum absolute atomic E-state index is 0.154. The summed E-state index contributed by atoms with van der Waals surface area (Å²) >= 11 is 5.82. The maximum Gasteiger partial charge on any atom is 0.311 e. The van der Waals surface area contributed by atoms with E-state index in [1.54, 1.807) is 31.2 Å². The van der Waals surface area contributed by atoms with Crippen molar-refractivity contribution >= 4 is 17.6 Å². The van der Waals surface area contributed by atoms with Crippen LogP contribution < -0.4 is 0 Å². The number of ether oxygens (including phenoxy) is 1. The molecule has 0 unspecified atom stereocenters. The van der Waals surface area contributed by atoms with Gasteiger partial charge in [-0.3, -0.25) is 4.79 Å². The van der Waals surface area contributed by atoms with Gasteiger partial charge in [-0.15, -0.1) is 10.2 Å². The van der Waals surface area contributed by atoms with Gasteiger partial charge in [-0.25, -0.2) is 0 Å². The maximum absolute atomic E-state index is 12.0. The second-order valence-electron chi connectivity index (χ2n) is 5.25. The lowest BCUT2D eigenvalue weighted by atomic mass is 10.1. The van der Waals surface area contributed by atoms with Crippen LogP contribution in [0.2, 0.25) is 5.02 Å². The van der Waals surface area contributed by atoms with E-state index in [0.29, 0.717) is 10.9 Å². The van der Waals surface area contributed by atoms with Crippen molar-refractivity contribution in [2.45, 2.75) is 19.4 Å². The Bertz CT molecular complexity index is 816. The van der Waals surface area contributed by atoms with Crippen molar-refractivity contribution in [3.05, 3.63) is 71.1 Å². The molecule has 24 heavy (non-hydrogen) atoms. The molecular weight excluding hydrogens is 328 g/mol. The molecule has 1 aromatic heterocycles. The summed E-state index contributed by atoms with van der Waals surface area (Å²) in [6, 6.07) is 16.5. The first-order valence-corrected chi connectivity index (χ1v) is 7.82. The van der Waals surface area contributed by atoms with Crippen LogP contribution in [0.25, 0.3) is 11.5 Å². The highest BCUT2D eigenvalue weighted by Gasteiger charge is 2.19. The Hall–Kier alpha value is -2.66. The summed E-state index contributed by atoms with van der Waals surface area (Å²) in [6.45, 7) is 1.70. The van der Waals surface area contributed by atoms with E-state index in [1.807, 2.05) is 30.3 Å². The number of halogens is 1. The molecule has 3 rings (SSSR count). The van der Waals surface area contributed by atoms with Gasteiger partial charge in [-0.05, 0) is 36.8 Å². The van der Waals surface area contributed by atoms with Crippen LogP contribution in [0.15, 0.2) is 59.0 Å². The molecule has 0 spiro atoms. The minimum atomic E-state index is -0.616. The van der Waals surface area contributed by atoms with Gasteiger partial charge in [-0.2, -0.15) is 0 Å². The summed E-state index contributed by atoms with van der Waals surface area (Å²) in [6.07, 6.45) is -0.462. The van der Waals surface area contributed by atoms with Crippen molar-refractivity contribution in [3.63, 3.8) is 0 Å². The van der Waals surface area contributed by atoms with Crippen molar-refractivity contribution in [1.82, 2.24) is 10.2 Å². The van der Waals surface area contributed by atoms with Crippen LogP contribution in [0.4, 0.5) is 0 Å². The highest BCUT2D eigenvalue weighted by Crippen LogP contribution is 2.22. The molecule has 0 aliphatic heterocycles. The first-order valence-electron chi connectivity index (χ1n) is 7.44. The van der Waals surface area contributed by atoms with E-state index >= 15 is 0 Å². The number of carbonyl (C=O) groups is 1. The zero-order valence-corrected chi connectivity index (χ0v) is 13.7. The number of hydrogen-bond donors (Lipinski definition) is 0. The third-order valence-corrected chi connectivity index (χ3v) is 3.63. The highest BCUT2D eigenvalue weighted by atomic mass is 35.5. The van der Waals surface area contributed by atoms with Crippen LogP contribution in [-0.2, 0) is 16.0 Å². The van der Waals surface area contributed by atoms with Gasteiger partial charge in [0.2, 0.25) is 5.89 Å². The lowest BCUT2D eigenvalue weighted by molar-refractivity contribution is -0.148. The molecule has 0 bridgehead atoms. The van der Waals surface area contributed by atoms with E-state index in [4.69, 9.17) is 20.8 Å². The molecule has 0 amide bonds. The van der Waals surface area contributed by atoms with Gasteiger partial charge in [0.05, 0.1) is 6.42 Å². The number of aromatic nitrogens is 2. The lowest BCUT2D eigenvalue weighted by Gasteiger charge is -2.09. The van der Waals surface area contributed by atoms with Gasteiger partial charge in [0, 0.05) is 10.6 Å². The Morgan fingerprint density at radius 1 is 1.12 bits per heavy atom. The van der Waals surface area contributed by atoms with Gasteiger partial charge in [0.1, 0.15) is 0 Å². The number of rotatable bonds is 5. The van der Waals surface area contributed by atoms with E-state index in [-0.39, 0.29) is 18.3 Å². The molecule has 0 N–H and O–H groups in total. The van der Waals surface area contributed by atoms with Crippen LogP contribution in [-0.4, -0.2) is 16.2 Å². The molecule has 0 fully saturated rings. The third kappa shape index (κ3) is 4.00. The lowest BCUT2D eigenvalue weighted by Crippen LogP contribution is -2.11. The average Bonchev–Trinajstić information content (AvgIpc) is 3.08. The topological polar surface area (TPSA) is 65.2 Å². The number of benzene rings is 2. The van der Waals surface area contributed by atoms with Crippen molar-refractivity contribution < 1.29 is 13.9 Å². The number of nitrogens with zero attached hydrogens (tertiary/aromatic N) is 2. The quantitative estimate of drug-likeness (QED) is 0.649.